The smallest absolute Gasteiger partial charge is 0.333 e. The summed E-state index contributed by atoms with van der Waals surface area (Å²) in [7, 11) is 0. The minimum Gasteiger partial charge on any atom is -0.454 e. The molecule has 0 aromatic rings. The Balaban J connectivity index is 4.11. The third-order valence-electron chi connectivity index (χ3n) is 1.40. The Morgan fingerprint density at radius 1 is 1.58 bits per heavy atom. The second kappa shape index (κ2) is 3.69. The van der Waals surface area contributed by atoms with E-state index in [0.29, 0.717) is 0 Å². The van der Waals surface area contributed by atoms with Crippen LogP contribution in [0.2, 0.25) is 0 Å². The van der Waals surface area contributed by atoms with Crippen molar-refractivity contribution >= 4 is 5.97 Å². The van der Waals surface area contributed by atoms with Crippen molar-refractivity contribution in [1.82, 2.24) is 0 Å². The van der Waals surface area contributed by atoms with Gasteiger partial charge in [0, 0.05) is 5.57 Å². The number of rotatable bonds is 3. The van der Waals surface area contributed by atoms with E-state index in [1.54, 1.807) is 0 Å². The van der Waals surface area contributed by atoms with Gasteiger partial charge in [-0.3, -0.25) is 0 Å². The van der Waals surface area contributed by atoms with Gasteiger partial charge in [-0.1, -0.05) is 6.58 Å². The zero-order valence-electron chi connectivity index (χ0n) is 7.50. The highest BCUT2D eigenvalue weighted by Crippen LogP contribution is 2.10. The van der Waals surface area contributed by atoms with Gasteiger partial charge in [0.05, 0.1) is 0 Å². The van der Waals surface area contributed by atoms with E-state index < -0.39 is 17.9 Å². The molecule has 0 aliphatic heterocycles. The average molecular weight is 174 g/mol. The SMILES string of the molecule is C=C(C)C(=O)OC(C)C(C)(O)O. The number of carbonyl (C=O) groups is 1. The molecule has 0 saturated heterocycles. The zero-order chi connectivity index (χ0) is 9.94. The molecule has 0 heterocycles. The molecule has 0 saturated carbocycles. The molecule has 4 nitrogen and oxygen atoms in total. The average Bonchev–Trinajstić information content (AvgIpc) is 1.85. The normalized spacial score (nSPS) is 13.8. The molecule has 0 aliphatic carbocycles. The van der Waals surface area contributed by atoms with Gasteiger partial charge in [-0.25, -0.2) is 4.79 Å². The fourth-order valence-electron chi connectivity index (χ4n) is 0.373. The van der Waals surface area contributed by atoms with Gasteiger partial charge in [-0.15, -0.1) is 0 Å². The Morgan fingerprint density at radius 3 is 2.25 bits per heavy atom. The van der Waals surface area contributed by atoms with Crippen LogP contribution in [0.4, 0.5) is 0 Å². The van der Waals surface area contributed by atoms with Crippen molar-refractivity contribution in [3.8, 4) is 0 Å². The van der Waals surface area contributed by atoms with Crippen LogP contribution in [-0.4, -0.2) is 28.1 Å². The van der Waals surface area contributed by atoms with Gasteiger partial charge in [0.1, 0.15) is 0 Å². The molecule has 12 heavy (non-hydrogen) atoms. The predicted octanol–water partition coefficient (Wildman–Crippen LogP) is 0.195. The van der Waals surface area contributed by atoms with Crippen LogP contribution in [0.1, 0.15) is 20.8 Å². The Morgan fingerprint density at radius 2 is 2.00 bits per heavy atom. The lowest BCUT2D eigenvalue weighted by atomic mass is 10.2. The number of esters is 1. The van der Waals surface area contributed by atoms with Gasteiger partial charge in [0.15, 0.2) is 11.9 Å². The molecular weight excluding hydrogens is 160 g/mol. The van der Waals surface area contributed by atoms with E-state index in [2.05, 4.69) is 11.3 Å². The fraction of sp³-hybridized carbons (Fsp3) is 0.625. The van der Waals surface area contributed by atoms with E-state index in [1.807, 2.05) is 0 Å². The first-order valence-corrected chi connectivity index (χ1v) is 3.56. The van der Waals surface area contributed by atoms with Gasteiger partial charge < -0.3 is 14.9 Å². The summed E-state index contributed by atoms with van der Waals surface area (Å²) in [5.74, 6) is -2.64. The minimum absolute atomic E-state index is 0.228. The largest absolute Gasteiger partial charge is 0.454 e. The van der Waals surface area contributed by atoms with Crippen molar-refractivity contribution in [2.45, 2.75) is 32.7 Å². The number of ether oxygens (including phenoxy) is 1. The third kappa shape index (κ3) is 3.50. The summed E-state index contributed by atoms with van der Waals surface area (Å²) in [4.78, 5) is 10.9. The van der Waals surface area contributed by atoms with Crippen LogP contribution in [0, 0.1) is 0 Å². The summed E-state index contributed by atoms with van der Waals surface area (Å²) in [6.45, 7) is 7.37. The fourth-order valence-corrected chi connectivity index (χ4v) is 0.373. The first-order chi connectivity index (χ1) is 5.25. The number of aliphatic hydroxyl groups is 2. The first kappa shape index (κ1) is 11.1. The van der Waals surface area contributed by atoms with E-state index in [4.69, 9.17) is 10.2 Å². The quantitative estimate of drug-likeness (QED) is 0.364. The minimum atomic E-state index is -2.01. The molecule has 0 fully saturated rings. The summed E-state index contributed by atoms with van der Waals surface area (Å²) in [6, 6.07) is 0. The van der Waals surface area contributed by atoms with Gasteiger partial charge in [0.2, 0.25) is 0 Å². The molecule has 70 valence electrons. The first-order valence-electron chi connectivity index (χ1n) is 3.56. The molecule has 0 aromatic heterocycles. The highest BCUT2D eigenvalue weighted by atomic mass is 16.6. The maximum Gasteiger partial charge on any atom is 0.333 e. The lowest BCUT2D eigenvalue weighted by Crippen LogP contribution is -2.40. The summed E-state index contributed by atoms with van der Waals surface area (Å²) in [5.41, 5.74) is 0.228. The van der Waals surface area contributed by atoms with Crippen LogP contribution < -0.4 is 0 Å². The van der Waals surface area contributed by atoms with Crippen LogP contribution in [0.5, 0.6) is 0 Å². The molecule has 2 N–H and O–H groups in total. The highest BCUT2D eigenvalue weighted by molar-refractivity contribution is 5.87. The molecule has 1 atom stereocenters. The van der Waals surface area contributed by atoms with Crippen molar-refractivity contribution in [3.05, 3.63) is 12.2 Å². The molecule has 0 aliphatic rings. The standard InChI is InChI=1S/C8H14O4/c1-5(2)7(9)12-6(3)8(4,10)11/h6,10-11H,1H2,2-4H3. The van der Waals surface area contributed by atoms with Gasteiger partial charge in [-0.2, -0.15) is 0 Å². The van der Waals surface area contributed by atoms with Crippen LogP contribution in [0.3, 0.4) is 0 Å². The summed E-state index contributed by atoms with van der Waals surface area (Å²) in [6.07, 6.45) is -0.971. The lowest BCUT2D eigenvalue weighted by molar-refractivity contribution is -0.219. The Hall–Kier alpha value is -0.870. The maximum atomic E-state index is 10.9. The van der Waals surface area contributed by atoms with E-state index >= 15 is 0 Å². The molecule has 0 radical (unpaired) electrons. The topological polar surface area (TPSA) is 66.8 Å². The van der Waals surface area contributed by atoms with Crippen molar-refractivity contribution in [2.75, 3.05) is 0 Å². The van der Waals surface area contributed by atoms with E-state index in [0.717, 1.165) is 6.92 Å². The maximum absolute atomic E-state index is 10.9. The summed E-state index contributed by atoms with van der Waals surface area (Å²) < 4.78 is 4.64. The van der Waals surface area contributed by atoms with E-state index in [9.17, 15) is 4.79 Å². The van der Waals surface area contributed by atoms with Crippen LogP contribution in [0.25, 0.3) is 0 Å². The molecular formula is C8H14O4. The van der Waals surface area contributed by atoms with Crippen molar-refractivity contribution in [3.63, 3.8) is 0 Å². The molecule has 0 amide bonds. The van der Waals surface area contributed by atoms with E-state index in [-0.39, 0.29) is 5.57 Å². The zero-order valence-corrected chi connectivity index (χ0v) is 7.50. The Bertz CT molecular complexity index is 190. The van der Waals surface area contributed by atoms with Crippen molar-refractivity contribution in [2.24, 2.45) is 0 Å². The molecule has 1 unspecified atom stereocenters. The monoisotopic (exact) mass is 174 g/mol. The highest BCUT2D eigenvalue weighted by Gasteiger charge is 2.28. The van der Waals surface area contributed by atoms with Crippen molar-refractivity contribution in [1.29, 1.82) is 0 Å². The van der Waals surface area contributed by atoms with E-state index in [1.165, 1.54) is 13.8 Å². The second-order valence-electron chi connectivity index (χ2n) is 2.92. The van der Waals surface area contributed by atoms with Gasteiger partial charge in [0.25, 0.3) is 0 Å². The molecule has 0 bridgehead atoms. The lowest BCUT2D eigenvalue weighted by Gasteiger charge is -2.23. The number of hydrogen-bond acceptors (Lipinski definition) is 4. The van der Waals surface area contributed by atoms with Gasteiger partial charge >= 0.3 is 5.97 Å². The summed E-state index contributed by atoms with van der Waals surface area (Å²) >= 11 is 0. The van der Waals surface area contributed by atoms with Crippen LogP contribution >= 0.6 is 0 Å². The third-order valence-corrected chi connectivity index (χ3v) is 1.40. The predicted molar refractivity (Wildman–Crippen MR) is 43.2 cm³/mol. The second-order valence-corrected chi connectivity index (χ2v) is 2.92. The van der Waals surface area contributed by atoms with Gasteiger partial charge in [-0.05, 0) is 20.8 Å². The van der Waals surface area contributed by atoms with Crippen LogP contribution in [-0.2, 0) is 9.53 Å². The molecule has 4 heteroatoms. The van der Waals surface area contributed by atoms with Crippen LogP contribution in [0.15, 0.2) is 12.2 Å². The molecule has 0 spiro atoms. The number of hydrogen-bond donors (Lipinski definition) is 2. The van der Waals surface area contributed by atoms with Crippen molar-refractivity contribution < 1.29 is 19.7 Å². The molecule has 0 aromatic carbocycles. The summed E-state index contributed by atoms with van der Waals surface area (Å²) in [5, 5.41) is 17.9. The number of carbonyl (C=O) groups excluding carboxylic acids is 1. The Kier molecular flexibility index (Phi) is 3.42. The molecule has 0 rings (SSSR count). The Labute approximate surface area is 71.5 Å².